The molecule has 4 aromatic rings. The van der Waals surface area contributed by atoms with Crippen LogP contribution in [-0.2, 0) is 0 Å². The Morgan fingerprint density at radius 3 is 2.66 bits per heavy atom. The molecule has 11 nitrogen and oxygen atoms in total. The summed E-state index contributed by atoms with van der Waals surface area (Å²) in [5, 5.41) is 32.0. The normalized spacial score (nSPS) is 15.1. The summed E-state index contributed by atoms with van der Waals surface area (Å²) in [6, 6.07) is 4.25. The number of ether oxygens (including phenoxy) is 1. The Bertz CT molecular complexity index is 1470. The summed E-state index contributed by atoms with van der Waals surface area (Å²) in [6.07, 6.45) is 10.2. The van der Waals surface area contributed by atoms with Gasteiger partial charge in [-0.15, -0.1) is 5.10 Å². The molecule has 5 rings (SSSR count). The second kappa shape index (κ2) is 9.03. The van der Waals surface area contributed by atoms with E-state index in [0.717, 1.165) is 35.5 Å². The summed E-state index contributed by atoms with van der Waals surface area (Å²) in [6.45, 7) is 7.19. The van der Waals surface area contributed by atoms with Gasteiger partial charge in [0.1, 0.15) is 34.7 Å². The quantitative estimate of drug-likeness (QED) is 0.405. The number of nitriles is 2. The molecular formula is C24H24N10O. The summed E-state index contributed by atoms with van der Waals surface area (Å²) in [5.74, 6) is 0.503. The number of rotatable bonds is 5. The topological polar surface area (TPSA) is 134 Å². The minimum Gasteiger partial charge on any atom is -0.482 e. The molecule has 0 amide bonds. The lowest BCUT2D eigenvalue weighted by Crippen LogP contribution is -2.31. The zero-order chi connectivity index (χ0) is 24.5. The highest BCUT2D eigenvalue weighted by molar-refractivity contribution is 5.74. The Kier molecular flexibility index (Phi) is 5.75. The molecule has 0 radical (unpaired) electrons. The summed E-state index contributed by atoms with van der Waals surface area (Å²) in [7, 11) is 0. The van der Waals surface area contributed by atoms with Crippen LogP contribution < -0.4 is 4.74 Å². The maximum Gasteiger partial charge on any atom is 0.179 e. The number of hydrogen-bond donors (Lipinski definition) is 0. The van der Waals surface area contributed by atoms with Crippen LogP contribution in [0.4, 0.5) is 0 Å². The zero-order valence-electron chi connectivity index (χ0n) is 19.8. The number of likely N-dealkylation sites (tertiary alicyclic amines) is 1. The molecule has 1 saturated heterocycles. The number of aryl methyl sites for hydroxylation is 1. The summed E-state index contributed by atoms with van der Waals surface area (Å²) in [5.41, 5.74) is 4.91. The van der Waals surface area contributed by atoms with Crippen molar-refractivity contribution in [1.82, 2.24) is 39.5 Å². The first kappa shape index (κ1) is 22.3. The van der Waals surface area contributed by atoms with Gasteiger partial charge in [-0.25, -0.2) is 9.20 Å². The molecule has 0 N–H and O–H groups in total. The van der Waals surface area contributed by atoms with Crippen LogP contribution in [0.5, 0.6) is 5.75 Å². The number of aromatic nitrogens is 7. The second-order valence-corrected chi connectivity index (χ2v) is 8.69. The molecule has 0 spiro atoms. The molecule has 0 saturated carbocycles. The molecule has 35 heavy (non-hydrogen) atoms. The first-order chi connectivity index (χ1) is 17.0. The third-order valence-electron chi connectivity index (χ3n) is 6.34. The van der Waals surface area contributed by atoms with Crippen molar-refractivity contribution in [1.29, 1.82) is 10.5 Å². The van der Waals surface area contributed by atoms with Gasteiger partial charge < -0.3 is 9.64 Å². The monoisotopic (exact) mass is 468 g/mol. The fourth-order valence-corrected chi connectivity index (χ4v) is 4.48. The van der Waals surface area contributed by atoms with Gasteiger partial charge in [0.2, 0.25) is 0 Å². The molecule has 0 aromatic carbocycles. The van der Waals surface area contributed by atoms with Gasteiger partial charge in [0.25, 0.3) is 0 Å². The van der Waals surface area contributed by atoms with E-state index >= 15 is 0 Å². The number of piperidine rings is 1. The average Bonchev–Trinajstić information content (AvgIpc) is 3.47. The minimum absolute atomic E-state index is 0.190. The first-order valence-electron chi connectivity index (χ1n) is 11.4. The Hall–Kier alpha value is -4.51. The highest BCUT2D eigenvalue weighted by Crippen LogP contribution is 2.34. The lowest BCUT2D eigenvalue weighted by molar-refractivity contribution is 0.223. The molecule has 1 atom stereocenters. The van der Waals surface area contributed by atoms with Gasteiger partial charge in [-0.2, -0.15) is 15.6 Å². The average molecular weight is 469 g/mol. The van der Waals surface area contributed by atoms with Gasteiger partial charge in [0.05, 0.1) is 35.5 Å². The van der Waals surface area contributed by atoms with E-state index in [0.29, 0.717) is 35.6 Å². The maximum atomic E-state index is 9.62. The predicted molar refractivity (Wildman–Crippen MR) is 125 cm³/mol. The second-order valence-electron chi connectivity index (χ2n) is 8.69. The van der Waals surface area contributed by atoms with Gasteiger partial charge in [-0.1, -0.05) is 5.21 Å². The van der Waals surface area contributed by atoms with E-state index in [9.17, 15) is 5.26 Å². The molecule has 1 aliphatic rings. The number of pyridine rings is 1. The van der Waals surface area contributed by atoms with Crippen LogP contribution in [0.1, 0.15) is 54.6 Å². The van der Waals surface area contributed by atoms with Crippen LogP contribution in [0.2, 0.25) is 0 Å². The van der Waals surface area contributed by atoms with E-state index in [1.165, 1.54) is 6.20 Å². The molecule has 11 heteroatoms. The van der Waals surface area contributed by atoms with Crippen molar-refractivity contribution < 1.29 is 4.74 Å². The fraction of sp³-hybridized carbons (Fsp3) is 0.375. The van der Waals surface area contributed by atoms with Crippen LogP contribution in [0.15, 0.2) is 30.9 Å². The zero-order valence-corrected chi connectivity index (χ0v) is 19.8. The van der Waals surface area contributed by atoms with Crippen LogP contribution >= 0.6 is 0 Å². The Morgan fingerprint density at radius 1 is 1.14 bits per heavy atom. The van der Waals surface area contributed by atoms with Gasteiger partial charge in [0, 0.05) is 31.0 Å². The smallest absolute Gasteiger partial charge is 0.179 e. The van der Waals surface area contributed by atoms with Gasteiger partial charge >= 0.3 is 0 Å². The van der Waals surface area contributed by atoms with E-state index in [1.54, 1.807) is 21.8 Å². The first-order valence-corrected chi connectivity index (χ1v) is 11.4. The van der Waals surface area contributed by atoms with Crippen molar-refractivity contribution in [2.45, 2.75) is 45.8 Å². The Labute approximate surface area is 202 Å². The third kappa shape index (κ3) is 4.13. The van der Waals surface area contributed by atoms with Crippen molar-refractivity contribution in [2.24, 2.45) is 0 Å². The van der Waals surface area contributed by atoms with Crippen molar-refractivity contribution in [2.75, 3.05) is 13.1 Å². The van der Waals surface area contributed by atoms with Gasteiger partial charge in [0.15, 0.2) is 6.19 Å². The Morgan fingerprint density at radius 2 is 1.94 bits per heavy atom. The molecule has 4 aromatic heterocycles. The number of hydrogen-bond acceptors (Lipinski definition) is 9. The van der Waals surface area contributed by atoms with Gasteiger partial charge in [-0.05, 0) is 39.7 Å². The van der Waals surface area contributed by atoms with Gasteiger partial charge in [-0.3, -0.25) is 9.97 Å². The predicted octanol–water partition coefficient (Wildman–Crippen LogP) is 3.13. The van der Waals surface area contributed by atoms with Crippen molar-refractivity contribution in [3.8, 4) is 29.3 Å². The molecule has 0 bridgehead atoms. The SMILES string of the molecule is Cc1cncc(C(C)Oc2cc(-c3nnn(C4CCN(C#N)CC4)c3C)cn3ncc(C#N)c23)n1. The maximum absolute atomic E-state index is 9.62. The molecule has 1 aliphatic heterocycles. The van der Waals surface area contributed by atoms with Crippen molar-refractivity contribution in [3.05, 3.63) is 53.5 Å². The highest BCUT2D eigenvalue weighted by atomic mass is 16.5. The lowest BCUT2D eigenvalue weighted by atomic mass is 10.0. The van der Waals surface area contributed by atoms with Crippen molar-refractivity contribution in [3.63, 3.8) is 0 Å². The molecule has 0 aliphatic carbocycles. The standard InChI is InChI=1S/C24H24N10O/c1-15-10-27-12-21(29-15)17(3)35-22-8-18(13-33-24(22)19(9-25)11-28-33)23-16(2)34(31-30-23)20-4-6-32(14-26)7-5-20/h8,10-13,17,20H,4-7H2,1-3H3. The van der Waals surface area contributed by atoms with Crippen LogP contribution in [0.3, 0.4) is 0 Å². The fourth-order valence-electron chi connectivity index (χ4n) is 4.48. The largest absolute Gasteiger partial charge is 0.482 e. The number of nitrogens with zero attached hydrogens (tertiary/aromatic N) is 10. The molecule has 1 unspecified atom stereocenters. The Balaban J connectivity index is 1.52. The van der Waals surface area contributed by atoms with E-state index in [4.69, 9.17) is 10.00 Å². The molecule has 5 heterocycles. The van der Waals surface area contributed by atoms with Crippen molar-refractivity contribution >= 4 is 5.52 Å². The van der Waals surface area contributed by atoms with E-state index < -0.39 is 6.10 Å². The van der Waals surface area contributed by atoms with E-state index in [2.05, 4.69) is 37.6 Å². The summed E-state index contributed by atoms with van der Waals surface area (Å²) < 4.78 is 9.90. The molecule has 1 fully saturated rings. The van der Waals surface area contributed by atoms with E-state index in [1.807, 2.05) is 37.7 Å². The lowest BCUT2D eigenvalue weighted by Gasteiger charge is -2.28. The van der Waals surface area contributed by atoms with Crippen LogP contribution in [-0.4, -0.2) is 52.6 Å². The highest BCUT2D eigenvalue weighted by Gasteiger charge is 2.25. The summed E-state index contributed by atoms with van der Waals surface area (Å²) in [4.78, 5) is 10.5. The van der Waals surface area contributed by atoms with Crippen LogP contribution in [0.25, 0.3) is 16.8 Å². The van der Waals surface area contributed by atoms with E-state index in [-0.39, 0.29) is 6.04 Å². The summed E-state index contributed by atoms with van der Waals surface area (Å²) >= 11 is 0. The molecular weight excluding hydrogens is 444 g/mol. The third-order valence-corrected chi connectivity index (χ3v) is 6.34. The number of fused-ring (bicyclic) bond motifs is 1. The minimum atomic E-state index is -0.398. The molecule has 176 valence electrons. The van der Waals surface area contributed by atoms with Crippen LogP contribution in [0, 0.1) is 36.6 Å².